The van der Waals surface area contributed by atoms with Crippen molar-refractivity contribution in [3.05, 3.63) is 0 Å². The van der Waals surface area contributed by atoms with Gasteiger partial charge in [-0.1, -0.05) is 6.92 Å². The Morgan fingerprint density at radius 3 is 2.65 bits per heavy atom. The van der Waals surface area contributed by atoms with Crippen molar-refractivity contribution >= 4 is 27.8 Å². The van der Waals surface area contributed by atoms with Gasteiger partial charge >= 0.3 is 5.97 Å². The highest BCUT2D eigenvalue weighted by Crippen LogP contribution is 2.08. The van der Waals surface area contributed by atoms with Crippen LogP contribution in [-0.2, 0) is 19.6 Å². The van der Waals surface area contributed by atoms with E-state index in [-0.39, 0.29) is 18.1 Å². The molecule has 0 aliphatic heterocycles. The first-order valence-corrected chi connectivity index (χ1v) is 8.42. The van der Waals surface area contributed by atoms with Crippen molar-refractivity contribution < 1.29 is 17.9 Å². The summed E-state index contributed by atoms with van der Waals surface area (Å²) in [6, 6.07) is 0. The number of carbonyl (C=O) groups excluding carboxylic acids is 1. The molecule has 0 aliphatic rings. The van der Waals surface area contributed by atoms with Crippen molar-refractivity contribution in [2.75, 3.05) is 25.7 Å². The van der Waals surface area contributed by atoms with Crippen LogP contribution >= 0.6 is 11.8 Å². The number of ether oxygens (including phenoxy) is 1. The average molecular weight is 283 g/mol. The minimum absolute atomic E-state index is 0.0320. The van der Waals surface area contributed by atoms with Crippen LogP contribution in [0, 0.1) is 0 Å². The Morgan fingerprint density at radius 2 is 2.12 bits per heavy atom. The van der Waals surface area contributed by atoms with Gasteiger partial charge in [-0.2, -0.15) is 11.8 Å². The predicted molar refractivity (Wildman–Crippen MR) is 70.6 cm³/mol. The molecule has 0 fully saturated rings. The molecule has 0 radical (unpaired) electrons. The SMILES string of the molecule is COC(=O)CCCS(=O)(=O)NCCC(C)SC. The van der Waals surface area contributed by atoms with E-state index in [1.165, 1.54) is 7.11 Å². The molecule has 0 aromatic rings. The van der Waals surface area contributed by atoms with Gasteiger partial charge in [0.1, 0.15) is 0 Å². The Hall–Kier alpha value is -0.270. The molecule has 0 heterocycles. The Bertz CT molecular complexity index is 316. The summed E-state index contributed by atoms with van der Waals surface area (Å²) in [5.74, 6) is -0.411. The van der Waals surface area contributed by atoms with Crippen LogP contribution in [0.3, 0.4) is 0 Å². The highest BCUT2D eigenvalue weighted by Gasteiger charge is 2.11. The quantitative estimate of drug-likeness (QED) is 0.639. The van der Waals surface area contributed by atoms with E-state index in [0.29, 0.717) is 18.2 Å². The molecule has 5 nitrogen and oxygen atoms in total. The largest absolute Gasteiger partial charge is 0.469 e. The molecule has 0 saturated carbocycles. The molecule has 1 unspecified atom stereocenters. The molecule has 17 heavy (non-hydrogen) atoms. The molecule has 1 atom stereocenters. The lowest BCUT2D eigenvalue weighted by Crippen LogP contribution is -2.28. The maximum absolute atomic E-state index is 11.5. The van der Waals surface area contributed by atoms with Crippen molar-refractivity contribution in [2.24, 2.45) is 0 Å². The number of esters is 1. The highest BCUT2D eigenvalue weighted by atomic mass is 32.2. The van der Waals surface area contributed by atoms with Gasteiger partial charge in [-0.25, -0.2) is 13.1 Å². The van der Waals surface area contributed by atoms with E-state index in [4.69, 9.17) is 0 Å². The zero-order valence-corrected chi connectivity index (χ0v) is 12.2. The molecule has 0 saturated heterocycles. The Morgan fingerprint density at radius 1 is 1.47 bits per heavy atom. The minimum atomic E-state index is -3.26. The summed E-state index contributed by atoms with van der Waals surface area (Å²) < 4.78 is 30.0. The molecule has 0 spiro atoms. The van der Waals surface area contributed by atoms with Crippen LogP contribution in [0.15, 0.2) is 0 Å². The van der Waals surface area contributed by atoms with E-state index in [1.54, 1.807) is 11.8 Å². The molecular formula is C10H21NO4S2. The number of sulfonamides is 1. The molecule has 0 bridgehead atoms. The predicted octanol–water partition coefficient (Wildman–Crippen LogP) is 1.00. The van der Waals surface area contributed by atoms with Crippen molar-refractivity contribution in [1.29, 1.82) is 0 Å². The third kappa shape index (κ3) is 9.43. The molecule has 102 valence electrons. The summed E-state index contributed by atoms with van der Waals surface area (Å²) in [6.45, 7) is 2.50. The third-order valence-corrected chi connectivity index (χ3v) is 4.81. The Labute approximate surface area is 108 Å². The molecule has 1 N–H and O–H groups in total. The first-order valence-electron chi connectivity index (χ1n) is 5.48. The van der Waals surface area contributed by atoms with Crippen molar-refractivity contribution in [1.82, 2.24) is 4.72 Å². The number of carbonyl (C=O) groups is 1. The lowest BCUT2D eigenvalue weighted by atomic mass is 10.3. The Balaban J connectivity index is 3.77. The van der Waals surface area contributed by atoms with Crippen LogP contribution < -0.4 is 4.72 Å². The Kier molecular flexibility index (Phi) is 8.63. The summed E-state index contributed by atoms with van der Waals surface area (Å²) in [5, 5.41) is 0.438. The molecule has 7 heteroatoms. The number of rotatable bonds is 9. The molecular weight excluding hydrogens is 262 g/mol. The first-order chi connectivity index (χ1) is 7.91. The number of hydrogen-bond acceptors (Lipinski definition) is 5. The molecule has 0 amide bonds. The highest BCUT2D eigenvalue weighted by molar-refractivity contribution is 7.99. The maximum atomic E-state index is 11.5. The average Bonchev–Trinajstić information content (AvgIpc) is 2.27. The fourth-order valence-electron chi connectivity index (χ4n) is 1.12. The smallest absolute Gasteiger partial charge is 0.305 e. The minimum Gasteiger partial charge on any atom is -0.469 e. The lowest BCUT2D eigenvalue weighted by Gasteiger charge is -2.09. The zero-order chi connectivity index (χ0) is 13.3. The van der Waals surface area contributed by atoms with Crippen molar-refractivity contribution in [2.45, 2.75) is 31.4 Å². The number of methoxy groups -OCH3 is 1. The number of nitrogens with one attached hydrogen (secondary N) is 1. The molecule has 0 rings (SSSR count). The van der Waals surface area contributed by atoms with Gasteiger partial charge < -0.3 is 4.74 Å². The van der Waals surface area contributed by atoms with E-state index in [1.807, 2.05) is 6.26 Å². The second-order valence-electron chi connectivity index (χ2n) is 3.73. The van der Waals surface area contributed by atoms with E-state index >= 15 is 0 Å². The monoisotopic (exact) mass is 283 g/mol. The molecule has 0 aromatic heterocycles. The van der Waals surface area contributed by atoms with Gasteiger partial charge in [0.15, 0.2) is 0 Å². The molecule has 0 aromatic carbocycles. The van der Waals surface area contributed by atoms with Gasteiger partial charge in [0.2, 0.25) is 10.0 Å². The topological polar surface area (TPSA) is 72.5 Å². The van der Waals surface area contributed by atoms with Gasteiger partial charge in [-0.15, -0.1) is 0 Å². The zero-order valence-electron chi connectivity index (χ0n) is 10.6. The maximum Gasteiger partial charge on any atom is 0.305 e. The van der Waals surface area contributed by atoms with Crippen LogP contribution in [0.4, 0.5) is 0 Å². The lowest BCUT2D eigenvalue weighted by molar-refractivity contribution is -0.140. The number of hydrogen-bond donors (Lipinski definition) is 1. The van der Waals surface area contributed by atoms with Crippen LogP contribution in [0.25, 0.3) is 0 Å². The second-order valence-corrected chi connectivity index (χ2v) is 6.93. The summed E-state index contributed by atoms with van der Waals surface area (Å²) in [5.41, 5.74) is 0. The summed E-state index contributed by atoms with van der Waals surface area (Å²) >= 11 is 1.70. The van der Waals surface area contributed by atoms with E-state index in [0.717, 1.165) is 6.42 Å². The summed E-state index contributed by atoms with van der Waals surface area (Å²) in [6.07, 6.45) is 3.23. The second kappa shape index (κ2) is 8.77. The van der Waals surface area contributed by atoms with Crippen molar-refractivity contribution in [3.63, 3.8) is 0 Å². The standard InChI is InChI=1S/C10H21NO4S2/c1-9(16-3)6-7-11-17(13,14)8-4-5-10(12)15-2/h9,11H,4-8H2,1-3H3. The fourth-order valence-corrected chi connectivity index (χ4v) is 2.57. The van der Waals surface area contributed by atoms with E-state index in [2.05, 4.69) is 16.4 Å². The van der Waals surface area contributed by atoms with E-state index < -0.39 is 10.0 Å². The van der Waals surface area contributed by atoms with Gasteiger partial charge in [0.05, 0.1) is 12.9 Å². The van der Waals surface area contributed by atoms with Crippen LogP contribution in [0.5, 0.6) is 0 Å². The normalized spacial score (nSPS) is 13.4. The van der Waals surface area contributed by atoms with Gasteiger partial charge in [0.25, 0.3) is 0 Å². The summed E-state index contributed by atoms with van der Waals surface area (Å²) in [7, 11) is -1.97. The third-order valence-electron chi connectivity index (χ3n) is 2.30. The fraction of sp³-hybridized carbons (Fsp3) is 0.900. The molecule has 0 aliphatic carbocycles. The van der Waals surface area contributed by atoms with Gasteiger partial charge in [-0.3, -0.25) is 4.79 Å². The van der Waals surface area contributed by atoms with Crippen LogP contribution in [0.1, 0.15) is 26.2 Å². The first kappa shape index (κ1) is 16.7. The van der Waals surface area contributed by atoms with Crippen LogP contribution in [0.2, 0.25) is 0 Å². The van der Waals surface area contributed by atoms with E-state index in [9.17, 15) is 13.2 Å². The number of thioether (sulfide) groups is 1. The summed E-state index contributed by atoms with van der Waals surface area (Å²) in [4.78, 5) is 10.8. The van der Waals surface area contributed by atoms with Crippen molar-refractivity contribution in [3.8, 4) is 0 Å². The van der Waals surface area contributed by atoms with Gasteiger partial charge in [0, 0.05) is 18.2 Å². The van der Waals surface area contributed by atoms with Crippen LogP contribution in [-0.4, -0.2) is 45.3 Å². The van der Waals surface area contributed by atoms with Gasteiger partial charge in [-0.05, 0) is 19.1 Å².